The molecule has 0 heterocycles. The zero-order valence-electron chi connectivity index (χ0n) is 6.45. The van der Waals surface area contributed by atoms with Crippen LogP contribution in [0.15, 0.2) is 0 Å². The summed E-state index contributed by atoms with van der Waals surface area (Å²) in [6.07, 6.45) is 2.57. The summed E-state index contributed by atoms with van der Waals surface area (Å²) in [6, 6.07) is 0. The maximum Gasteiger partial charge on any atom is 0.0472 e. The Labute approximate surface area is 62.6 Å². The SMILES string of the molecule is CCC1CC(C)C1(C)Cl. The van der Waals surface area contributed by atoms with Gasteiger partial charge in [-0.25, -0.2) is 0 Å². The molecule has 0 bridgehead atoms. The third-order valence-electron chi connectivity index (χ3n) is 2.89. The van der Waals surface area contributed by atoms with Crippen LogP contribution in [0, 0.1) is 11.8 Å². The third kappa shape index (κ3) is 0.980. The van der Waals surface area contributed by atoms with E-state index in [9.17, 15) is 0 Å². The second kappa shape index (κ2) is 2.16. The highest BCUT2D eigenvalue weighted by atomic mass is 35.5. The molecule has 0 saturated heterocycles. The fourth-order valence-electron chi connectivity index (χ4n) is 1.70. The van der Waals surface area contributed by atoms with Crippen molar-refractivity contribution in [2.24, 2.45) is 11.8 Å². The van der Waals surface area contributed by atoms with Gasteiger partial charge in [0.1, 0.15) is 0 Å². The van der Waals surface area contributed by atoms with Crippen LogP contribution in [0.2, 0.25) is 0 Å². The van der Waals surface area contributed by atoms with Crippen LogP contribution < -0.4 is 0 Å². The van der Waals surface area contributed by atoms with Crippen LogP contribution in [0.3, 0.4) is 0 Å². The van der Waals surface area contributed by atoms with Gasteiger partial charge in [0, 0.05) is 4.87 Å². The molecular weight excluding hydrogens is 132 g/mol. The van der Waals surface area contributed by atoms with Crippen molar-refractivity contribution in [2.45, 2.75) is 38.5 Å². The topological polar surface area (TPSA) is 0 Å². The van der Waals surface area contributed by atoms with Gasteiger partial charge in [0.2, 0.25) is 0 Å². The maximum absolute atomic E-state index is 6.22. The van der Waals surface area contributed by atoms with E-state index in [0.29, 0.717) is 0 Å². The Balaban J connectivity index is 2.48. The largest absolute Gasteiger partial charge is 0.119 e. The van der Waals surface area contributed by atoms with Crippen LogP contribution >= 0.6 is 11.6 Å². The number of halogens is 1. The molecule has 0 spiro atoms. The van der Waals surface area contributed by atoms with Gasteiger partial charge in [-0.3, -0.25) is 0 Å². The van der Waals surface area contributed by atoms with Crippen molar-refractivity contribution in [3.05, 3.63) is 0 Å². The first-order chi connectivity index (χ1) is 4.09. The van der Waals surface area contributed by atoms with Gasteiger partial charge in [0.15, 0.2) is 0 Å². The number of hydrogen-bond acceptors (Lipinski definition) is 0. The Morgan fingerprint density at radius 2 is 2.22 bits per heavy atom. The summed E-state index contributed by atoms with van der Waals surface area (Å²) in [7, 11) is 0. The molecular formula is C8H15Cl. The van der Waals surface area contributed by atoms with Crippen molar-refractivity contribution in [1.29, 1.82) is 0 Å². The molecule has 0 aromatic carbocycles. The standard InChI is InChI=1S/C8H15Cl/c1-4-7-5-6(2)8(7,3)9/h6-7H,4-5H2,1-3H3. The highest BCUT2D eigenvalue weighted by Crippen LogP contribution is 2.50. The summed E-state index contributed by atoms with van der Waals surface area (Å²) in [5.74, 6) is 1.50. The average Bonchev–Trinajstić information content (AvgIpc) is 1.82. The summed E-state index contributed by atoms with van der Waals surface area (Å²) >= 11 is 6.22. The Kier molecular flexibility index (Phi) is 1.77. The molecule has 0 nitrogen and oxygen atoms in total. The van der Waals surface area contributed by atoms with Gasteiger partial charge in [-0.2, -0.15) is 0 Å². The minimum atomic E-state index is 0.120. The van der Waals surface area contributed by atoms with Gasteiger partial charge in [0.05, 0.1) is 0 Å². The average molecular weight is 147 g/mol. The molecule has 3 unspecified atom stereocenters. The van der Waals surface area contributed by atoms with Crippen molar-refractivity contribution < 1.29 is 0 Å². The lowest BCUT2D eigenvalue weighted by Crippen LogP contribution is -2.46. The summed E-state index contributed by atoms with van der Waals surface area (Å²) in [6.45, 7) is 6.62. The van der Waals surface area contributed by atoms with Gasteiger partial charge in [-0.15, -0.1) is 11.6 Å². The van der Waals surface area contributed by atoms with Crippen molar-refractivity contribution in [2.75, 3.05) is 0 Å². The van der Waals surface area contributed by atoms with Gasteiger partial charge >= 0.3 is 0 Å². The first-order valence-corrected chi connectivity index (χ1v) is 4.15. The summed E-state index contributed by atoms with van der Waals surface area (Å²) < 4.78 is 0. The minimum absolute atomic E-state index is 0.120. The molecule has 1 aliphatic carbocycles. The van der Waals surface area contributed by atoms with E-state index in [-0.39, 0.29) is 4.87 Å². The van der Waals surface area contributed by atoms with E-state index in [1.165, 1.54) is 12.8 Å². The fourth-order valence-corrected chi connectivity index (χ4v) is 2.03. The number of alkyl halides is 1. The zero-order chi connectivity index (χ0) is 7.07. The highest BCUT2D eigenvalue weighted by Gasteiger charge is 2.46. The van der Waals surface area contributed by atoms with Crippen molar-refractivity contribution >= 4 is 11.6 Å². The lowest BCUT2D eigenvalue weighted by atomic mass is 9.65. The van der Waals surface area contributed by atoms with E-state index in [2.05, 4.69) is 20.8 Å². The van der Waals surface area contributed by atoms with E-state index in [1.807, 2.05) is 0 Å². The molecule has 1 rings (SSSR count). The summed E-state index contributed by atoms with van der Waals surface area (Å²) in [5.41, 5.74) is 0. The zero-order valence-corrected chi connectivity index (χ0v) is 7.20. The van der Waals surface area contributed by atoms with E-state index in [4.69, 9.17) is 11.6 Å². The predicted octanol–water partition coefficient (Wildman–Crippen LogP) is 3.05. The lowest BCUT2D eigenvalue weighted by molar-refractivity contribution is 0.129. The van der Waals surface area contributed by atoms with Crippen molar-refractivity contribution in [3.8, 4) is 0 Å². The van der Waals surface area contributed by atoms with Crippen molar-refractivity contribution in [1.82, 2.24) is 0 Å². The second-order valence-electron chi connectivity index (χ2n) is 3.39. The lowest BCUT2D eigenvalue weighted by Gasteiger charge is -2.48. The second-order valence-corrected chi connectivity index (χ2v) is 4.21. The van der Waals surface area contributed by atoms with Crippen LogP contribution in [0.4, 0.5) is 0 Å². The van der Waals surface area contributed by atoms with E-state index in [0.717, 1.165) is 11.8 Å². The van der Waals surface area contributed by atoms with Crippen LogP contribution in [-0.4, -0.2) is 4.87 Å². The molecule has 1 heteroatoms. The molecule has 0 amide bonds. The Morgan fingerprint density at radius 3 is 2.33 bits per heavy atom. The van der Waals surface area contributed by atoms with Crippen LogP contribution in [0.25, 0.3) is 0 Å². The Hall–Kier alpha value is 0.290. The first kappa shape index (κ1) is 7.40. The molecule has 0 N–H and O–H groups in total. The fraction of sp³-hybridized carbons (Fsp3) is 1.00. The molecule has 9 heavy (non-hydrogen) atoms. The quantitative estimate of drug-likeness (QED) is 0.499. The monoisotopic (exact) mass is 146 g/mol. The van der Waals surface area contributed by atoms with E-state index in [1.54, 1.807) is 0 Å². The third-order valence-corrected chi connectivity index (χ3v) is 3.57. The molecule has 1 aliphatic rings. The molecule has 1 saturated carbocycles. The van der Waals surface area contributed by atoms with E-state index < -0.39 is 0 Å². The van der Waals surface area contributed by atoms with Crippen LogP contribution in [0.5, 0.6) is 0 Å². The molecule has 3 atom stereocenters. The Morgan fingerprint density at radius 1 is 1.67 bits per heavy atom. The van der Waals surface area contributed by atoms with Crippen LogP contribution in [0.1, 0.15) is 33.6 Å². The number of hydrogen-bond donors (Lipinski definition) is 0. The molecule has 54 valence electrons. The maximum atomic E-state index is 6.22. The van der Waals surface area contributed by atoms with Gasteiger partial charge < -0.3 is 0 Å². The van der Waals surface area contributed by atoms with Gasteiger partial charge in [-0.1, -0.05) is 20.3 Å². The highest BCUT2D eigenvalue weighted by molar-refractivity contribution is 6.24. The summed E-state index contributed by atoms with van der Waals surface area (Å²) in [5, 5.41) is 0. The smallest absolute Gasteiger partial charge is 0.0472 e. The molecule has 1 fully saturated rings. The van der Waals surface area contributed by atoms with Gasteiger partial charge in [0.25, 0.3) is 0 Å². The molecule has 0 aromatic heterocycles. The first-order valence-electron chi connectivity index (χ1n) is 3.78. The Bertz CT molecular complexity index is 107. The van der Waals surface area contributed by atoms with Crippen molar-refractivity contribution in [3.63, 3.8) is 0 Å². The predicted molar refractivity (Wildman–Crippen MR) is 41.8 cm³/mol. The molecule has 0 aliphatic heterocycles. The normalized spacial score (nSPS) is 50.7. The summed E-state index contributed by atoms with van der Waals surface area (Å²) in [4.78, 5) is 0.120. The van der Waals surface area contributed by atoms with Crippen LogP contribution in [-0.2, 0) is 0 Å². The van der Waals surface area contributed by atoms with E-state index >= 15 is 0 Å². The van der Waals surface area contributed by atoms with Gasteiger partial charge in [-0.05, 0) is 25.2 Å². The number of rotatable bonds is 1. The molecule has 0 radical (unpaired) electrons. The minimum Gasteiger partial charge on any atom is -0.119 e. The molecule has 0 aromatic rings.